The van der Waals surface area contributed by atoms with Crippen LogP contribution in [0.3, 0.4) is 0 Å². The summed E-state index contributed by atoms with van der Waals surface area (Å²) in [6, 6.07) is 31.2. The summed E-state index contributed by atoms with van der Waals surface area (Å²) in [6.45, 7) is 0. The van der Waals surface area contributed by atoms with Gasteiger partial charge in [0.25, 0.3) is 0 Å². The highest BCUT2D eigenvalue weighted by Crippen LogP contribution is 2.20. The molecule has 0 nitrogen and oxygen atoms in total. The van der Waals surface area contributed by atoms with E-state index in [1.54, 1.807) is 0 Å². The van der Waals surface area contributed by atoms with E-state index in [9.17, 15) is 0 Å². The van der Waals surface area contributed by atoms with Crippen LogP contribution in [0.2, 0.25) is 0 Å². The molecule has 0 saturated carbocycles. The van der Waals surface area contributed by atoms with Gasteiger partial charge in [-0.05, 0) is 0 Å². The minimum atomic E-state index is 1.18. The number of hydrogen-bond donors (Lipinski definition) is 0. The van der Waals surface area contributed by atoms with Crippen molar-refractivity contribution in [2.24, 2.45) is 0 Å². The standard InChI is InChI=1S/C22H18/c1-4-10-19(11-5-1)16-22(17-20-12-6-2-7-13-20)18-21-14-8-3-9-15-21/h1-18H/q-2. The molecule has 108 valence electrons. The molecule has 0 fully saturated rings. The first kappa shape index (κ1) is 14.1. The van der Waals surface area contributed by atoms with Crippen molar-refractivity contribution in [1.29, 1.82) is 0 Å². The Kier molecular flexibility index (Phi) is 4.63. The van der Waals surface area contributed by atoms with Crippen LogP contribution in [0.4, 0.5) is 0 Å². The lowest BCUT2D eigenvalue weighted by atomic mass is 9.96. The summed E-state index contributed by atoms with van der Waals surface area (Å²) in [5, 5.41) is 0. The van der Waals surface area contributed by atoms with Crippen molar-refractivity contribution in [3.05, 3.63) is 126 Å². The predicted molar refractivity (Wildman–Crippen MR) is 94.1 cm³/mol. The molecule has 0 aromatic heterocycles. The van der Waals surface area contributed by atoms with Crippen LogP contribution >= 0.6 is 0 Å². The van der Waals surface area contributed by atoms with Crippen molar-refractivity contribution >= 4 is 6.08 Å². The van der Waals surface area contributed by atoms with Gasteiger partial charge in [0.2, 0.25) is 0 Å². The second-order valence-electron chi connectivity index (χ2n) is 5.17. The van der Waals surface area contributed by atoms with E-state index >= 15 is 0 Å². The fourth-order valence-corrected chi connectivity index (χ4v) is 2.35. The predicted octanol–water partition coefficient (Wildman–Crippen LogP) is 5.58. The van der Waals surface area contributed by atoms with Gasteiger partial charge >= 0.3 is 0 Å². The van der Waals surface area contributed by atoms with Crippen LogP contribution in [0, 0.1) is 12.8 Å². The van der Waals surface area contributed by atoms with Gasteiger partial charge in [0.05, 0.1) is 0 Å². The number of benzene rings is 3. The van der Waals surface area contributed by atoms with Gasteiger partial charge in [0.1, 0.15) is 0 Å². The molecule has 0 heterocycles. The summed E-state index contributed by atoms with van der Waals surface area (Å²) in [5.41, 5.74) is 4.80. The fraction of sp³-hybridized carbons (Fsp3) is 0. The van der Waals surface area contributed by atoms with Crippen LogP contribution in [0.5, 0.6) is 0 Å². The Morgan fingerprint density at radius 1 is 0.545 bits per heavy atom. The molecule has 3 aromatic carbocycles. The zero-order valence-electron chi connectivity index (χ0n) is 12.4. The van der Waals surface area contributed by atoms with E-state index in [1.807, 2.05) is 18.2 Å². The fourth-order valence-electron chi connectivity index (χ4n) is 2.35. The van der Waals surface area contributed by atoms with E-state index in [1.165, 1.54) is 22.3 Å². The molecule has 0 atom stereocenters. The Bertz CT molecular complexity index is 666. The zero-order chi connectivity index (χ0) is 15.0. The topological polar surface area (TPSA) is 0 Å². The van der Waals surface area contributed by atoms with Crippen LogP contribution in [0.15, 0.2) is 96.6 Å². The average molecular weight is 282 g/mol. The van der Waals surface area contributed by atoms with Gasteiger partial charge in [-0.25, -0.2) is 17.6 Å². The highest BCUT2D eigenvalue weighted by molar-refractivity contribution is 5.61. The Balaban J connectivity index is 1.86. The first-order valence-corrected chi connectivity index (χ1v) is 7.46. The van der Waals surface area contributed by atoms with E-state index in [2.05, 4.69) is 91.7 Å². The molecule has 0 aliphatic carbocycles. The third kappa shape index (κ3) is 4.07. The maximum absolute atomic E-state index is 2.21. The highest BCUT2D eigenvalue weighted by atomic mass is 14.1. The average Bonchev–Trinajstić information content (AvgIpc) is 2.57. The Morgan fingerprint density at radius 2 is 0.955 bits per heavy atom. The number of allylic oxidation sites excluding steroid dienone is 1. The van der Waals surface area contributed by atoms with Crippen LogP contribution in [0.25, 0.3) is 6.08 Å². The van der Waals surface area contributed by atoms with Gasteiger partial charge in [-0.2, -0.15) is 24.6 Å². The van der Waals surface area contributed by atoms with E-state index in [-0.39, 0.29) is 0 Å². The lowest BCUT2D eigenvalue weighted by Gasteiger charge is -2.22. The molecule has 0 unspecified atom stereocenters. The molecule has 3 rings (SSSR count). The normalized spacial score (nSPS) is 9.82. The maximum Gasteiger partial charge on any atom is -0.0623 e. The molecule has 0 N–H and O–H groups in total. The highest BCUT2D eigenvalue weighted by Gasteiger charge is 1.90. The molecule has 0 heteroatoms. The molecule has 0 aliphatic heterocycles. The minimum absolute atomic E-state index is 1.18. The quantitative estimate of drug-likeness (QED) is 0.536. The number of hydrogen-bond acceptors (Lipinski definition) is 0. The molecule has 3 aromatic rings. The maximum atomic E-state index is 2.21. The summed E-state index contributed by atoms with van der Waals surface area (Å²) in [6.07, 6.45) is 6.62. The van der Waals surface area contributed by atoms with E-state index in [0.29, 0.717) is 0 Å². The monoisotopic (exact) mass is 282 g/mol. The van der Waals surface area contributed by atoms with Gasteiger partial charge in [-0.1, -0.05) is 77.9 Å². The molecule has 0 radical (unpaired) electrons. The lowest BCUT2D eigenvalue weighted by Crippen LogP contribution is -1.91. The summed E-state index contributed by atoms with van der Waals surface area (Å²) in [5.74, 6) is 0. The summed E-state index contributed by atoms with van der Waals surface area (Å²) in [4.78, 5) is 0. The molecule has 0 bridgehead atoms. The van der Waals surface area contributed by atoms with Gasteiger partial charge < -0.3 is 0 Å². The molecular weight excluding hydrogens is 264 g/mol. The largest absolute Gasteiger partial charge is 0.223 e. The van der Waals surface area contributed by atoms with Crippen LogP contribution in [-0.2, 0) is 0 Å². The molecule has 0 saturated heterocycles. The van der Waals surface area contributed by atoms with Gasteiger partial charge in [-0.3, -0.25) is 0 Å². The number of rotatable bonds is 5. The van der Waals surface area contributed by atoms with Crippen LogP contribution in [0.1, 0.15) is 16.7 Å². The van der Waals surface area contributed by atoms with Crippen molar-refractivity contribution in [1.82, 2.24) is 0 Å². The summed E-state index contributed by atoms with van der Waals surface area (Å²) in [7, 11) is 0. The summed E-state index contributed by atoms with van der Waals surface area (Å²) < 4.78 is 0. The smallest absolute Gasteiger partial charge is 0.0623 e. The van der Waals surface area contributed by atoms with Crippen molar-refractivity contribution in [2.75, 3.05) is 0 Å². The van der Waals surface area contributed by atoms with Crippen molar-refractivity contribution in [3.63, 3.8) is 0 Å². The second kappa shape index (κ2) is 7.24. The van der Waals surface area contributed by atoms with Crippen molar-refractivity contribution < 1.29 is 0 Å². The van der Waals surface area contributed by atoms with E-state index < -0.39 is 0 Å². The van der Waals surface area contributed by atoms with Crippen molar-refractivity contribution in [2.45, 2.75) is 0 Å². The minimum Gasteiger partial charge on any atom is -0.223 e. The molecule has 0 amide bonds. The zero-order valence-corrected chi connectivity index (χ0v) is 12.4. The van der Waals surface area contributed by atoms with Crippen LogP contribution in [-0.4, -0.2) is 0 Å². The SMILES string of the molecule is C(=C([CH-]c1ccccc1)[CH-]c1ccccc1)c1ccccc1. The van der Waals surface area contributed by atoms with Gasteiger partial charge in [0, 0.05) is 0 Å². The first-order chi connectivity index (χ1) is 10.9. The molecule has 0 aliphatic rings. The third-order valence-electron chi connectivity index (χ3n) is 3.40. The van der Waals surface area contributed by atoms with Crippen LogP contribution < -0.4 is 0 Å². The second-order valence-corrected chi connectivity index (χ2v) is 5.17. The lowest BCUT2D eigenvalue weighted by molar-refractivity contribution is 1.38. The molecule has 22 heavy (non-hydrogen) atoms. The van der Waals surface area contributed by atoms with Gasteiger partial charge in [0.15, 0.2) is 0 Å². The van der Waals surface area contributed by atoms with Crippen molar-refractivity contribution in [3.8, 4) is 0 Å². The van der Waals surface area contributed by atoms with Gasteiger partial charge in [-0.15, -0.1) is 12.1 Å². The van der Waals surface area contributed by atoms with E-state index in [0.717, 1.165) is 0 Å². The molecular formula is C22H18-2. The van der Waals surface area contributed by atoms with E-state index in [4.69, 9.17) is 0 Å². The Morgan fingerprint density at radius 3 is 1.41 bits per heavy atom. The third-order valence-corrected chi connectivity index (χ3v) is 3.40. The first-order valence-electron chi connectivity index (χ1n) is 7.46. The Labute approximate surface area is 132 Å². The Hall–Kier alpha value is -2.86. The molecule has 0 spiro atoms. The summed E-state index contributed by atoms with van der Waals surface area (Å²) >= 11 is 0.